The van der Waals surface area contributed by atoms with E-state index >= 15 is 0 Å². The Hall–Kier alpha value is -1.89. The fraction of sp³-hybridized carbons (Fsp3) is 0.667. The second kappa shape index (κ2) is 6.48. The molecule has 2 aliphatic heterocycles. The van der Waals surface area contributed by atoms with E-state index in [1.54, 1.807) is 13.2 Å². The summed E-state index contributed by atoms with van der Waals surface area (Å²) >= 11 is 0. The van der Waals surface area contributed by atoms with Gasteiger partial charge < -0.3 is 10.2 Å². The number of carbonyl (C=O) groups excluding carboxylic acids is 2. The average molecular weight is 305 g/mol. The molecule has 1 atom stereocenters. The van der Waals surface area contributed by atoms with Crippen molar-refractivity contribution in [1.29, 1.82) is 0 Å². The lowest BCUT2D eigenvalue weighted by Gasteiger charge is -2.34. The first-order chi connectivity index (χ1) is 10.7. The highest BCUT2D eigenvalue weighted by molar-refractivity contribution is 5.78. The Balaban J connectivity index is 1.66. The van der Waals surface area contributed by atoms with E-state index < -0.39 is 0 Å². The zero-order valence-electron chi connectivity index (χ0n) is 13.0. The summed E-state index contributed by atoms with van der Waals surface area (Å²) in [6.45, 7) is 3.58. The molecule has 0 saturated carbocycles. The summed E-state index contributed by atoms with van der Waals surface area (Å²) in [6, 6.07) is 1.95. The second-order valence-corrected chi connectivity index (χ2v) is 6.06. The van der Waals surface area contributed by atoms with Crippen molar-refractivity contribution in [3.8, 4) is 0 Å². The van der Waals surface area contributed by atoms with Gasteiger partial charge in [-0.3, -0.25) is 19.2 Å². The van der Waals surface area contributed by atoms with E-state index in [0.717, 1.165) is 31.6 Å². The molecule has 120 valence electrons. The van der Waals surface area contributed by atoms with Crippen molar-refractivity contribution >= 4 is 11.8 Å². The number of rotatable bonds is 4. The van der Waals surface area contributed by atoms with Crippen LogP contribution in [0.25, 0.3) is 0 Å². The van der Waals surface area contributed by atoms with Crippen LogP contribution < -0.4 is 5.32 Å². The average Bonchev–Trinajstić information content (AvgIpc) is 3.18. The molecule has 3 rings (SSSR count). The molecule has 1 saturated heterocycles. The predicted octanol–water partition coefficient (Wildman–Crippen LogP) is -0.00170. The van der Waals surface area contributed by atoms with Crippen molar-refractivity contribution in [3.63, 3.8) is 0 Å². The lowest BCUT2D eigenvalue weighted by molar-refractivity contribution is -0.131. The smallest absolute Gasteiger partial charge is 0.236 e. The van der Waals surface area contributed by atoms with Crippen molar-refractivity contribution < 1.29 is 9.59 Å². The fourth-order valence-electron chi connectivity index (χ4n) is 3.31. The minimum Gasteiger partial charge on any atom is -0.359 e. The van der Waals surface area contributed by atoms with Crippen LogP contribution in [-0.2, 0) is 16.1 Å². The normalized spacial score (nSPS) is 21.7. The van der Waals surface area contributed by atoms with Gasteiger partial charge in [-0.2, -0.15) is 5.10 Å². The van der Waals surface area contributed by atoms with Gasteiger partial charge in [0.05, 0.1) is 24.7 Å². The number of hydrogen-bond donors (Lipinski definition) is 1. The third-order valence-corrected chi connectivity index (χ3v) is 4.47. The number of aromatic nitrogens is 2. The number of carbonyl (C=O) groups is 2. The van der Waals surface area contributed by atoms with Crippen LogP contribution in [0.2, 0.25) is 0 Å². The van der Waals surface area contributed by atoms with Crippen LogP contribution in [-0.4, -0.2) is 64.6 Å². The summed E-state index contributed by atoms with van der Waals surface area (Å²) < 4.78 is 1.92. The fourth-order valence-corrected chi connectivity index (χ4v) is 3.31. The summed E-state index contributed by atoms with van der Waals surface area (Å²) in [5, 5.41) is 6.99. The van der Waals surface area contributed by atoms with Crippen molar-refractivity contribution in [1.82, 2.24) is 24.9 Å². The van der Waals surface area contributed by atoms with E-state index in [9.17, 15) is 9.59 Å². The van der Waals surface area contributed by atoms with Gasteiger partial charge in [-0.25, -0.2) is 0 Å². The van der Waals surface area contributed by atoms with E-state index in [1.807, 2.05) is 15.6 Å². The molecule has 7 nitrogen and oxygen atoms in total. The van der Waals surface area contributed by atoms with Crippen LogP contribution >= 0.6 is 0 Å². The number of nitrogens with zero attached hydrogens (tertiary/aromatic N) is 4. The minimum atomic E-state index is -0.00919. The highest BCUT2D eigenvalue weighted by atomic mass is 16.2. The Kier molecular flexibility index (Phi) is 4.42. The van der Waals surface area contributed by atoms with Gasteiger partial charge in [0.15, 0.2) is 0 Å². The largest absolute Gasteiger partial charge is 0.359 e. The monoisotopic (exact) mass is 305 g/mol. The van der Waals surface area contributed by atoms with E-state index in [2.05, 4.69) is 15.3 Å². The molecule has 1 aromatic rings. The highest BCUT2D eigenvalue weighted by Crippen LogP contribution is 2.23. The van der Waals surface area contributed by atoms with Gasteiger partial charge in [-0.15, -0.1) is 0 Å². The van der Waals surface area contributed by atoms with Crippen LogP contribution in [0.3, 0.4) is 0 Å². The Morgan fingerprint density at radius 2 is 2.14 bits per heavy atom. The SMILES string of the molecule is CNC(=O)CC1CN(CC(=O)N2CCCC2)Cc2ccnn21. The molecular formula is C15H23N5O2. The summed E-state index contributed by atoms with van der Waals surface area (Å²) in [5.74, 6) is 0.198. The molecule has 1 unspecified atom stereocenters. The molecule has 2 aliphatic rings. The number of hydrogen-bond acceptors (Lipinski definition) is 4. The molecule has 3 heterocycles. The molecule has 0 aliphatic carbocycles. The molecule has 0 spiro atoms. The summed E-state index contributed by atoms with van der Waals surface area (Å²) in [5.41, 5.74) is 1.06. The predicted molar refractivity (Wildman–Crippen MR) is 81.0 cm³/mol. The number of nitrogens with one attached hydrogen (secondary N) is 1. The van der Waals surface area contributed by atoms with E-state index in [-0.39, 0.29) is 17.9 Å². The number of fused-ring (bicyclic) bond motifs is 1. The van der Waals surface area contributed by atoms with Crippen LogP contribution in [0.5, 0.6) is 0 Å². The van der Waals surface area contributed by atoms with Gasteiger partial charge in [-0.1, -0.05) is 0 Å². The maximum atomic E-state index is 12.3. The van der Waals surface area contributed by atoms with Crippen LogP contribution in [0.4, 0.5) is 0 Å². The van der Waals surface area contributed by atoms with Gasteiger partial charge >= 0.3 is 0 Å². The van der Waals surface area contributed by atoms with Crippen molar-refractivity contribution in [2.75, 3.05) is 33.2 Å². The van der Waals surface area contributed by atoms with E-state index in [4.69, 9.17) is 0 Å². The van der Waals surface area contributed by atoms with E-state index in [1.165, 1.54) is 0 Å². The molecule has 1 aromatic heterocycles. The van der Waals surface area contributed by atoms with Gasteiger partial charge in [-0.05, 0) is 18.9 Å². The minimum absolute atomic E-state index is 0.000769. The topological polar surface area (TPSA) is 70.5 Å². The van der Waals surface area contributed by atoms with Crippen LogP contribution in [0.15, 0.2) is 12.3 Å². The maximum absolute atomic E-state index is 12.3. The summed E-state index contributed by atoms with van der Waals surface area (Å²) in [6.07, 6.45) is 4.37. The molecule has 22 heavy (non-hydrogen) atoms. The van der Waals surface area contributed by atoms with Crippen LogP contribution in [0, 0.1) is 0 Å². The molecule has 0 aromatic carbocycles. The third-order valence-electron chi connectivity index (χ3n) is 4.47. The van der Waals surface area contributed by atoms with Gasteiger partial charge in [0.25, 0.3) is 0 Å². The first-order valence-electron chi connectivity index (χ1n) is 7.90. The molecule has 1 N–H and O–H groups in total. The first kappa shape index (κ1) is 15.0. The second-order valence-electron chi connectivity index (χ2n) is 6.06. The molecule has 0 radical (unpaired) electrons. The summed E-state index contributed by atoms with van der Waals surface area (Å²) in [4.78, 5) is 28.1. The zero-order valence-corrected chi connectivity index (χ0v) is 13.0. The number of likely N-dealkylation sites (tertiary alicyclic amines) is 1. The maximum Gasteiger partial charge on any atom is 0.236 e. The molecule has 1 fully saturated rings. The Morgan fingerprint density at radius 3 is 2.86 bits per heavy atom. The first-order valence-corrected chi connectivity index (χ1v) is 7.90. The Bertz CT molecular complexity index is 550. The highest BCUT2D eigenvalue weighted by Gasteiger charge is 2.29. The summed E-state index contributed by atoms with van der Waals surface area (Å²) in [7, 11) is 1.64. The zero-order chi connectivity index (χ0) is 15.5. The van der Waals surface area contributed by atoms with Gasteiger partial charge in [0, 0.05) is 39.4 Å². The number of amides is 2. The standard InChI is InChI=1S/C15H23N5O2/c1-16-14(21)8-13-10-18(9-12-4-5-17-20(12)13)11-15(22)19-6-2-3-7-19/h4-5,13H,2-3,6-11H2,1H3,(H,16,21). The van der Waals surface area contributed by atoms with Gasteiger partial charge in [0.2, 0.25) is 11.8 Å². The third kappa shape index (κ3) is 3.14. The van der Waals surface area contributed by atoms with Crippen molar-refractivity contribution in [3.05, 3.63) is 18.0 Å². The quantitative estimate of drug-likeness (QED) is 0.850. The Morgan fingerprint density at radius 1 is 1.36 bits per heavy atom. The lowest BCUT2D eigenvalue weighted by Crippen LogP contribution is -2.45. The molecular weight excluding hydrogens is 282 g/mol. The van der Waals surface area contributed by atoms with Gasteiger partial charge in [0.1, 0.15) is 0 Å². The van der Waals surface area contributed by atoms with Crippen LogP contribution in [0.1, 0.15) is 31.0 Å². The lowest BCUT2D eigenvalue weighted by atomic mass is 10.1. The van der Waals surface area contributed by atoms with Crippen molar-refractivity contribution in [2.24, 2.45) is 0 Å². The molecule has 2 amide bonds. The van der Waals surface area contributed by atoms with E-state index in [0.29, 0.717) is 26.1 Å². The molecule has 0 bridgehead atoms. The Labute approximate surface area is 130 Å². The van der Waals surface area contributed by atoms with Crippen molar-refractivity contribution in [2.45, 2.75) is 31.8 Å². The molecule has 7 heteroatoms.